The molecule has 3 aromatic carbocycles. The minimum Gasteiger partial charge on any atom is -0.493 e. The van der Waals surface area contributed by atoms with Gasteiger partial charge in [0.25, 0.3) is 11.5 Å². The van der Waals surface area contributed by atoms with Crippen LogP contribution in [0.25, 0.3) is 6.08 Å². The van der Waals surface area contributed by atoms with Gasteiger partial charge in [0, 0.05) is 38.2 Å². The number of likely N-dealkylation sites (N-methyl/N-ethyl adjacent to an activating group) is 1. The number of ether oxygens (including phenoxy) is 2. The van der Waals surface area contributed by atoms with Gasteiger partial charge in [-0.25, -0.2) is 4.99 Å². The van der Waals surface area contributed by atoms with Crippen LogP contribution < -0.4 is 24.4 Å². The van der Waals surface area contributed by atoms with E-state index in [0.29, 0.717) is 70.3 Å². The van der Waals surface area contributed by atoms with E-state index < -0.39 is 6.04 Å². The van der Waals surface area contributed by atoms with Crippen LogP contribution in [-0.4, -0.2) is 35.6 Å². The van der Waals surface area contributed by atoms with Crippen molar-refractivity contribution in [3.05, 3.63) is 122 Å². The summed E-state index contributed by atoms with van der Waals surface area (Å²) >= 11 is 23.4. The maximum atomic E-state index is 14.1. The number of methoxy groups -OCH3 is 1. The number of hydrogen-bond acceptors (Lipinski definition) is 6. The Bertz CT molecular complexity index is 1990. The lowest BCUT2D eigenvalue weighted by molar-refractivity contribution is -0.127. The lowest BCUT2D eigenvalue weighted by atomic mass is 9.94. The Morgan fingerprint density at radius 2 is 1.73 bits per heavy atom. The van der Waals surface area contributed by atoms with Crippen LogP contribution in [0.4, 0.5) is 0 Å². The number of nitrogens with zero attached hydrogens (tertiary/aromatic N) is 3. The summed E-state index contributed by atoms with van der Waals surface area (Å²) in [5.41, 5.74) is 3.01. The topological polar surface area (TPSA) is 73.1 Å². The Morgan fingerprint density at radius 1 is 1.04 bits per heavy atom. The van der Waals surface area contributed by atoms with Gasteiger partial charge in [0.15, 0.2) is 16.3 Å². The van der Waals surface area contributed by atoms with E-state index in [-0.39, 0.29) is 18.1 Å². The average Bonchev–Trinajstić information content (AvgIpc) is 3.31. The molecule has 234 valence electrons. The Balaban J connectivity index is 1.58. The standard InChI is InChI=1S/C33H29BrCl3N3O4S/c1-5-39(6-2)32(42)29-18(3)38-33-40(30(29)19-7-10-22(35)11-8-19)31(41)28(45-33)14-21-13-26(43-4)27(16-24(21)34)44-17-20-9-12-23(36)15-25(20)37/h7-16,30H,5-6,17H2,1-4H3/b28-14+/t30-/m1/s1. The lowest BCUT2D eigenvalue weighted by Crippen LogP contribution is -2.43. The van der Waals surface area contributed by atoms with Gasteiger partial charge in [0.05, 0.1) is 29.0 Å². The van der Waals surface area contributed by atoms with Crippen LogP contribution in [0.15, 0.2) is 80.1 Å². The maximum absolute atomic E-state index is 14.1. The summed E-state index contributed by atoms with van der Waals surface area (Å²) in [6.07, 6.45) is 1.78. The number of benzene rings is 3. The van der Waals surface area contributed by atoms with E-state index in [1.165, 1.54) is 11.3 Å². The first-order chi connectivity index (χ1) is 21.6. The zero-order valence-corrected chi connectivity index (χ0v) is 29.5. The highest BCUT2D eigenvalue weighted by atomic mass is 79.9. The first kappa shape index (κ1) is 33.3. The van der Waals surface area contributed by atoms with E-state index in [9.17, 15) is 9.59 Å². The fraction of sp³-hybridized carbons (Fsp3) is 0.242. The highest BCUT2D eigenvalue weighted by Crippen LogP contribution is 2.36. The fourth-order valence-electron chi connectivity index (χ4n) is 5.11. The molecule has 7 nitrogen and oxygen atoms in total. The van der Waals surface area contributed by atoms with Gasteiger partial charge < -0.3 is 14.4 Å². The summed E-state index contributed by atoms with van der Waals surface area (Å²) in [5, 5.41) is 1.60. The van der Waals surface area contributed by atoms with Crippen LogP contribution in [-0.2, 0) is 11.4 Å². The number of aromatic nitrogens is 1. The predicted octanol–water partition coefficient (Wildman–Crippen LogP) is 7.41. The largest absolute Gasteiger partial charge is 0.493 e. The molecule has 0 aliphatic carbocycles. The van der Waals surface area contributed by atoms with Crippen molar-refractivity contribution in [2.45, 2.75) is 33.4 Å². The number of allylic oxidation sites excluding steroid dienone is 1. The highest BCUT2D eigenvalue weighted by molar-refractivity contribution is 9.10. The molecule has 0 saturated carbocycles. The third-order valence-electron chi connectivity index (χ3n) is 7.46. The number of thiazole rings is 1. The third-order valence-corrected chi connectivity index (χ3v) is 9.96. The smallest absolute Gasteiger partial charge is 0.271 e. The van der Waals surface area contributed by atoms with Crippen molar-refractivity contribution in [1.29, 1.82) is 0 Å². The van der Waals surface area contributed by atoms with E-state index in [0.717, 1.165) is 11.1 Å². The van der Waals surface area contributed by atoms with E-state index in [4.69, 9.17) is 49.3 Å². The minimum absolute atomic E-state index is 0.154. The molecule has 0 bridgehead atoms. The quantitative estimate of drug-likeness (QED) is 0.179. The monoisotopic (exact) mass is 747 g/mol. The summed E-state index contributed by atoms with van der Waals surface area (Å²) in [6.45, 7) is 6.94. The van der Waals surface area contributed by atoms with Crippen molar-refractivity contribution < 1.29 is 14.3 Å². The van der Waals surface area contributed by atoms with Crippen LogP contribution in [0.2, 0.25) is 15.1 Å². The van der Waals surface area contributed by atoms with Gasteiger partial charge in [0.2, 0.25) is 0 Å². The first-order valence-electron chi connectivity index (χ1n) is 14.1. The Hall–Kier alpha value is -3.08. The maximum Gasteiger partial charge on any atom is 0.271 e. The van der Waals surface area contributed by atoms with Crippen LogP contribution in [0.1, 0.15) is 43.5 Å². The van der Waals surface area contributed by atoms with Gasteiger partial charge in [-0.3, -0.25) is 14.2 Å². The molecule has 0 N–H and O–H groups in total. The lowest BCUT2D eigenvalue weighted by Gasteiger charge is -2.29. The van der Waals surface area contributed by atoms with Crippen LogP contribution in [0.3, 0.4) is 0 Å². The number of hydrogen-bond donors (Lipinski definition) is 0. The van der Waals surface area contributed by atoms with Crippen molar-refractivity contribution in [2.24, 2.45) is 4.99 Å². The first-order valence-corrected chi connectivity index (χ1v) is 16.8. The molecule has 2 heterocycles. The Kier molecular flexibility index (Phi) is 10.5. The van der Waals surface area contributed by atoms with Crippen molar-refractivity contribution in [3.8, 4) is 11.5 Å². The van der Waals surface area contributed by atoms with Gasteiger partial charge in [-0.1, -0.05) is 80.3 Å². The molecule has 1 atom stereocenters. The number of halogens is 4. The molecule has 0 saturated heterocycles. The molecule has 0 unspecified atom stereocenters. The van der Waals surface area contributed by atoms with E-state index >= 15 is 0 Å². The summed E-state index contributed by atoms with van der Waals surface area (Å²) in [4.78, 5) is 34.9. The second kappa shape index (κ2) is 14.1. The Labute approximate surface area is 288 Å². The minimum atomic E-state index is -0.665. The highest BCUT2D eigenvalue weighted by Gasteiger charge is 2.34. The molecular weight excluding hydrogens is 721 g/mol. The number of fused-ring (bicyclic) bond motifs is 1. The normalized spacial score (nSPS) is 14.7. The Morgan fingerprint density at radius 3 is 2.38 bits per heavy atom. The molecule has 1 aliphatic rings. The van der Waals surface area contributed by atoms with Crippen molar-refractivity contribution in [3.63, 3.8) is 0 Å². The van der Waals surface area contributed by atoms with E-state index in [1.54, 1.807) is 65.1 Å². The predicted molar refractivity (Wildman–Crippen MR) is 185 cm³/mol. The number of carbonyl (C=O) groups is 1. The van der Waals surface area contributed by atoms with E-state index in [2.05, 4.69) is 15.9 Å². The van der Waals surface area contributed by atoms with Crippen LogP contribution in [0, 0.1) is 0 Å². The number of amides is 1. The molecule has 12 heteroatoms. The molecular formula is C33H29BrCl3N3O4S. The zero-order valence-electron chi connectivity index (χ0n) is 24.9. The second-order valence-corrected chi connectivity index (χ2v) is 13.3. The molecule has 4 aromatic rings. The third kappa shape index (κ3) is 6.88. The van der Waals surface area contributed by atoms with Gasteiger partial charge in [-0.15, -0.1) is 0 Å². The molecule has 1 amide bonds. The van der Waals surface area contributed by atoms with Crippen LogP contribution >= 0.6 is 62.1 Å². The van der Waals surface area contributed by atoms with Crippen molar-refractivity contribution >= 4 is 74.1 Å². The number of carbonyl (C=O) groups excluding carboxylic acids is 1. The average molecular weight is 750 g/mol. The zero-order chi connectivity index (χ0) is 32.4. The van der Waals surface area contributed by atoms with Gasteiger partial charge in [0.1, 0.15) is 6.61 Å². The molecule has 45 heavy (non-hydrogen) atoms. The van der Waals surface area contributed by atoms with Crippen molar-refractivity contribution in [2.75, 3.05) is 20.2 Å². The number of rotatable bonds is 9. The molecule has 5 rings (SSSR count). The molecule has 0 fully saturated rings. The van der Waals surface area contributed by atoms with Gasteiger partial charge >= 0.3 is 0 Å². The van der Waals surface area contributed by atoms with Gasteiger partial charge in [-0.05, 0) is 74.4 Å². The molecule has 0 radical (unpaired) electrons. The molecule has 1 aromatic heterocycles. The summed E-state index contributed by atoms with van der Waals surface area (Å²) in [6, 6.07) is 15.3. The molecule has 0 spiro atoms. The summed E-state index contributed by atoms with van der Waals surface area (Å²) < 4.78 is 14.4. The van der Waals surface area contributed by atoms with Crippen molar-refractivity contribution in [1.82, 2.24) is 9.47 Å². The SMILES string of the molecule is CCN(CC)C(=O)C1=C(C)N=c2s/c(=C/c3cc(OC)c(OCc4ccc(Cl)cc4Cl)cc3Br)c(=O)n2[C@@H]1c1ccc(Cl)cc1. The van der Waals surface area contributed by atoms with Gasteiger partial charge in [-0.2, -0.15) is 0 Å². The summed E-state index contributed by atoms with van der Waals surface area (Å²) in [5.74, 6) is 0.815. The fourth-order valence-corrected chi connectivity index (χ4v) is 7.17. The van der Waals surface area contributed by atoms with Crippen LogP contribution in [0.5, 0.6) is 11.5 Å². The summed E-state index contributed by atoms with van der Waals surface area (Å²) in [7, 11) is 1.55. The second-order valence-electron chi connectivity index (χ2n) is 10.2. The van der Waals surface area contributed by atoms with E-state index in [1.807, 2.05) is 32.9 Å². The molecule has 1 aliphatic heterocycles.